The predicted molar refractivity (Wildman–Crippen MR) is 242 cm³/mol. The first-order valence-electron chi connectivity index (χ1n) is 20.3. The molecule has 0 aliphatic heterocycles. The molecular weight excluding hydrogens is 753 g/mol. The van der Waals surface area contributed by atoms with Crippen LogP contribution < -0.4 is 0 Å². The first-order valence-corrected chi connectivity index (χ1v) is 21.1. The monoisotopic (exact) mass is 796 g/mol. The summed E-state index contributed by atoms with van der Waals surface area (Å²) in [6.07, 6.45) is 3.03. The minimum Gasteiger partial charge on any atom is -0.0622 e. The third kappa shape index (κ3) is 6.03. The van der Waals surface area contributed by atoms with Crippen molar-refractivity contribution < 1.29 is 0 Å². The number of halogens is 1. The third-order valence-electron chi connectivity index (χ3n) is 13.0. The number of aryl methyl sites for hydroxylation is 1. The van der Waals surface area contributed by atoms with Crippen LogP contribution in [-0.4, -0.2) is 0 Å². The van der Waals surface area contributed by atoms with E-state index in [9.17, 15) is 0 Å². The lowest BCUT2D eigenvalue weighted by atomic mass is 9.67. The minimum atomic E-state index is -0.415. The van der Waals surface area contributed by atoms with Crippen molar-refractivity contribution in [2.45, 2.75) is 49.9 Å². The van der Waals surface area contributed by atoms with E-state index in [2.05, 4.69) is 224 Å². The van der Waals surface area contributed by atoms with Gasteiger partial charge in [-0.05, 0) is 121 Å². The number of hydrogen-bond donors (Lipinski definition) is 0. The molecule has 1 unspecified atom stereocenters. The molecule has 0 amide bonds. The van der Waals surface area contributed by atoms with Crippen molar-refractivity contribution in [1.82, 2.24) is 0 Å². The van der Waals surface area contributed by atoms with Gasteiger partial charge in [0.1, 0.15) is 0 Å². The van der Waals surface area contributed by atoms with Crippen LogP contribution in [-0.2, 0) is 23.7 Å². The molecule has 1 atom stereocenters. The van der Waals surface area contributed by atoms with E-state index < -0.39 is 5.41 Å². The van der Waals surface area contributed by atoms with E-state index in [4.69, 9.17) is 0 Å². The molecule has 0 nitrogen and oxygen atoms in total. The molecule has 57 heavy (non-hydrogen) atoms. The zero-order valence-electron chi connectivity index (χ0n) is 32.6. The lowest BCUT2D eigenvalue weighted by Crippen LogP contribution is -2.28. The number of hydrogen-bond acceptors (Lipinski definition) is 0. The number of benzene rings is 8. The van der Waals surface area contributed by atoms with Crippen LogP contribution in [0.5, 0.6) is 0 Å². The molecule has 276 valence electrons. The van der Waals surface area contributed by atoms with Gasteiger partial charge in [0.15, 0.2) is 0 Å². The molecular formula is C56H45Br. The van der Waals surface area contributed by atoms with Crippen molar-refractivity contribution in [2.24, 2.45) is 0 Å². The molecule has 0 fully saturated rings. The number of rotatable bonds is 9. The van der Waals surface area contributed by atoms with Crippen molar-refractivity contribution in [1.29, 1.82) is 0 Å². The Kier molecular flexibility index (Phi) is 8.95. The van der Waals surface area contributed by atoms with Gasteiger partial charge in [0.05, 0.1) is 5.41 Å². The summed E-state index contributed by atoms with van der Waals surface area (Å²) in [7, 11) is 0. The van der Waals surface area contributed by atoms with Crippen LogP contribution >= 0.6 is 15.9 Å². The standard InChI is InChI=1S/C56H45Br/c1-55(2)52-35-39(25-31-48(52)49-33-30-46(57)37-53(49)55)24-28-42(34-38-22-26-41(27-23-38)40-14-6-3-7-15-40)43-29-32-50-47-20-12-13-21-51(47)56(54(50)36-43,44-16-8-4-9-17-44)45-18-10-5-11-19-45/h3-23,25-27,29-33,35-37,42H,24,28,34H2,1-2H3. The van der Waals surface area contributed by atoms with E-state index in [1.165, 1.54) is 83.5 Å². The molecule has 8 aromatic rings. The second kappa shape index (κ2) is 14.3. The summed E-state index contributed by atoms with van der Waals surface area (Å²) in [4.78, 5) is 0. The molecule has 8 aromatic carbocycles. The Hall–Kier alpha value is -5.76. The van der Waals surface area contributed by atoms with Crippen molar-refractivity contribution in [3.63, 3.8) is 0 Å². The molecule has 0 N–H and O–H groups in total. The van der Waals surface area contributed by atoms with Crippen molar-refractivity contribution in [3.05, 3.63) is 249 Å². The summed E-state index contributed by atoms with van der Waals surface area (Å²) in [5.74, 6) is 0.320. The summed E-state index contributed by atoms with van der Waals surface area (Å²) in [5.41, 5.74) is 19.8. The second-order valence-electron chi connectivity index (χ2n) is 16.5. The fourth-order valence-corrected chi connectivity index (χ4v) is 10.5. The predicted octanol–water partition coefficient (Wildman–Crippen LogP) is 14.7. The fraction of sp³-hybridized carbons (Fsp3) is 0.143. The van der Waals surface area contributed by atoms with Crippen molar-refractivity contribution >= 4 is 15.9 Å². The third-order valence-corrected chi connectivity index (χ3v) is 13.5. The Morgan fingerprint density at radius 1 is 0.439 bits per heavy atom. The maximum atomic E-state index is 3.74. The highest BCUT2D eigenvalue weighted by Crippen LogP contribution is 2.57. The topological polar surface area (TPSA) is 0 Å². The highest BCUT2D eigenvalue weighted by molar-refractivity contribution is 9.10. The molecule has 0 spiro atoms. The van der Waals surface area contributed by atoms with Crippen molar-refractivity contribution in [3.8, 4) is 33.4 Å². The minimum absolute atomic E-state index is 0.0441. The van der Waals surface area contributed by atoms with Gasteiger partial charge in [-0.3, -0.25) is 0 Å². The maximum absolute atomic E-state index is 3.74. The molecule has 1 heteroatoms. The van der Waals surface area contributed by atoms with Crippen LogP contribution in [0.1, 0.15) is 76.3 Å². The van der Waals surface area contributed by atoms with Crippen LogP contribution in [0, 0.1) is 0 Å². The molecule has 10 rings (SSSR count). The second-order valence-corrected chi connectivity index (χ2v) is 17.4. The molecule has 0 aromatic heterocycles. The van der Waals surface area contributed by atoms with Crippen LogP contribution in [0.25, 0.3) is 33.4 Å². The summed E-state index contributed by atoms with van der Waals surface area (Å²) in [6.45, 7) is 4.76. The van der Waals surface area contributed by atoms with Crippen LogP contribution in [0.15, 0.2) is 199 Å². The van der Waals surface area contributed by atoms with Gasteiger partial charge in [-0.15, -0.1) is 0 Å². The summed E-state index contributed by atoms with van der Waals surface area (Å²) >= 11 is 3.74. The number of fused-ring (bicyclic) bond motifs is 6. The van der Waals surface area contributed by atoms with E-state index >= 15 is 0 Å². The normalized spacial score (nSPS) is 14.6. The van der Waals surface area contributed by atoms with Crippen LogP contribution in [0.4, 0.5) is 0 Å². The van der Waals surface area contributed by atoms with Crippen molar-refractivity contribution in [2.75, 3.05) is 0 Å². The van der Waals surface area contributed by atoms with Crippen LogP contribution in [0.3, 0.4) is 0 Å². The van der Waals surface area contributed by atoms with E-state index in [0.29, 0.717) is 5.92 Å². The average Bonchev–Trinajstić information content (AvgIpc) is 3.68. The SMILES string of the molecule is CC1(C)c2cc(Br)ccc2-c2ccc(CCC(Cc3ccc(-c4ccccc4)cc3)c3ccc4c(c3)C(c3ccccc3)(c3ccccc3)c3ccccc3-4)cc21. The van der Waals surface area contributed by atoms with E-state index in [-0.39, 0.29) is 5.41 Å². The summed E-state index contributed by atoms with van der Waals surface area (Å²) in [5, 5.41) is 0. The van der Waals surface area contributed by atoms with Gasteiger partial charge in [-0.1, -0.05) is 212 Å². The van der Waals surface area contributed by atoms with Gasteiger partial charge < -0.3 is 0 Å². The molecule has 2 aliphatic rings. The Labute approximate surface area is 346 Å². The quantitative estimate of drug-likeness (QED) is 0.136. The van der Waals surface area contributed by atoms with Gasteiger partial charge in [0.2, 0.25) is 0 Å². The smallest absolute Gasteiger partial charge is 0.0622 e. The molecule has 0 saturated heterocycles. The lowest BCUT2D eigenvalue weighted by Gasteiger charge is -2.34. The first-order chi connectivity index (χ1) is 27.9. The fourth-order valence-electron chi connectivity index (χ4n) is 10.1. The van der Waals surface area contributed by atoms with Gasteiger partial charge in [0, 0.05) is 9.89 Å². The molecule has 2 aliphatic carbocycles. The van der Waals surface area contributed by atoms with E-state index in [0.717, 1.165) is 23.7 Å². The Bertz CT molecular complexity index is 2690. The first kappa shape index (κ1) is 35.6. The summed E-state index contributed by atoms with van der Waals surface area (Å²) < 4.78 is 1.14. The zero-order chi connectivity index (χ0) is 38.6. The highest BCUT2D eigenvalue weighted by Gasteiger charge is 2.46. The summed E-state index contributed by atoms with van der Waals surface area (Å²) in [6, 6.07) is 72.9. The Morgan fingerprint density at radius 3 is 1.67 bits per heavy atom. The molecule has 0 saturated carbocycles. The lowest BCUT2D eigenvalue weighted by molar-refractivity contribution is 0.616. The maximum Gasteiger partial charge on any atom is 0.0713 e. The Balaban J connectivity index is 1.07. The molecule has 0 bridgehead atoms. The van der Waals surface area contributed by atoms with Gasteiger partial charge >= 0.3 is 0 Å². The van der Waals surface area contributed by atoms with Crippen LogP contribution in [0.2, 0.25) is 0 Å². The van der Waals surface area contributed by atoms with E-state index in [1.54, 1.807) is 0 Å². The Morgan fingerprint density at radius 2 is 0.965 bits per heavy atom. The molecule has 0 radical (unpaired) electrons. The average molecular weight is 798 g/mol. The van der Waals surface area contributed by atoms with Gasteiger partial charge in [-0.2, -0.15) is 0 Å². The largest absolute Gasteiger partial charge is 0.0713 e. The van der Waals surface area contributed by atoms with Gasteiger partial charge in [0.25, 0.3) is 0 Å². The van der Waals surface area contributed by atoms with E-state index in [1.807, 2.05) is 0 Å². The van der Waals surface area contributed by atoms with Gasteiger partial charge in [-0.25, -0.2) is 0 Å². The highest BCUT2D eigenvalue weighted by atomic mass is 79.9. The molecule has 0 heterocycles. The zero-order valence-corrected chi connectivity index (χ0v) is 34.1.